The first-order valence-corrected chi connectivity index (χ1v) is 8.07. The van der Waals surface area contributed by atoms with E-state index in [9.17, 15) is 4.79 Å². The van der Waals surface area contributed by atoms with Crippen molar-refractivity contribution in [2.75, 3.05) is 14.2 Å². The first-order valence-electron chi connectivity index (χ1n) is 7.31. The minimum absolute atomic E-state index is 0.0481. The van der Waals surface area contributed by atoms with Crippen LogP contribution in [0, 0.1) is 0 Å². The van der Waals surface area contributed by atoms with Gasteiger partial charge in [0.1, 0.15) is 5.75 Å². The largest absolute Gasteiger partial charge is 0.496 e. The van der Waals surface area contributed by atoms with E-state index in [0.29, 0.717) is 29.4 Å². The molecule has 0 aromatic heterocycles. The van der Waals surface area contributed by atoms with Crippen molar-refractivity contribution in [3.05, 3.63) is 63.6 Å². The number of para-hydroxylation sites is 1. The normalized spacial score (nSPS) is 10.4. The van der Waals surface area contributed by atoms with Gasteiger partial charge in [-0.25, -0.2) is 0 Å². The summed E-state index contributed by atoms with van der Waals surface area (Å²) in [5.74, 6) is 0.854. The van der Waals surface area contributed by atoms with E-state index in [1.807, 2.05) is 36.4 Å². The number of benzene rings is 2. The highest BCUT2D eigenvalue weighted by Crippen LogP contribution is 2.26. The molecule has 0 unspecified atom stereocenters. The molecule has 23 heavy (non-hydrogen) atoms. The second kappa shape index (κ2) is 8.23. The van der Waals surface area contributed by atoms with E-state index in [1.54, 1.807) is 25.1 Å². The molecule has 5 heteroatoms. The molecule has 0 radical (unpaired) electrons. The fourth-order valence-corrected chi connectivity index (χ4v) is 2.74. The van der Waals surface area contributed by atoms with Gasteiger partial charge >= 0.3 is 0 Å². The summed E-state index contributed by atoms with van der Waals surface area (Å²) in [6.07, 6.45) is 1.05. The average molecular weight is 352 g/mol. The molecule has 0 aliphatic rings. The van der Waals surface area contributed by atoms with Gasteiger partial charge in [-0.15, -0.1) is 0 Å². The number of halogens is 2. The van der Waals surface area contributed by atoms with E-state index in [-0.39, 0.29) is 5.91 Å². The molecule has 0 aliphatic carbocycles. The molecule has 0 aliphatic heterocycles. The zero-order valence-electron chi connectivity index (χ0n) is 13.2. The fraction of sp³-hybridized carbons (Fsp3) is 0.278. The van der Waals surface area contributed by atoms with Crippen LogP contribution < -0.4 is 4.74 Å². The van der Waals surface area contributed by atoms with Gasteiger partial charge in [-0.1, -0.05) is 53.5 Å². The highest BCUT2D eigenvalue weighted by Gasteiger charge is 2.13. The maximum Gasteiger partial charge on any atom is 0.222 e. The second-order valence-corrected chi connectivity index (χ2v) is 6.06. The first-order chi connectivity index (χ1) is 11.0. The van der Waals surface area contributed by atoms with Crippen molar-refractivity contribution < 1.29 is 9.53 Å². The molecule has 0 fully saturated rings. The molecule has 122 valence electrons. The third-order valence-electron chi connectivity index (χ3n) is 3.67. The summed E-state index contributed by atoms with van der Waals surface area (Å²) in [5, 5.41) is 0.998. The molecule has 2 rings (SSSR count). The molecule has 0 saturated heterocycles. The lowest BCUT2D eigenvalue weighted by Gasteiger charge is -2.18. The molecule has 0 heterocycles. The van der Waals surface area contributed by atoms with Crippen molar-refractivity contribution in [3.8, 4) is 5.75 Å². The van der Waals surface area contributed by atoms with Gasteiger partial charge in [0.2, 0.25) is 5.91 Å². The molecule has 0 bridgehead atoms. The number of carbonyl (C=O) groups excluding carboxylic acids is 1. The lowest BCUT2D eigenvalue weighted by Crippen LogP contribution is -2.26. The van der Waals surface area contributed by atoms with Crippen LogP contribution in [0.2, 0.25) is 10.0 Å². The van der Waals surface area contributed by atoms with Gasteiger partial charge in [0.15, 0.2) is 0 Å². The number of amides is 1. The number of hydrogen-bond donors (Lipinski definition) is 0. The molecule has 0 N–H and O–H groups in total. The zero-order valence-corrected chi connectivity index (χ0v) is 14.7. The molecular weight excluding hydrogens is 333 g/mol. The molecule has 0 spiro atoms. The highest BCUT2D eigenvalue weighted by atomic mass is 35.5. The van der Waals surface area contributed by atoms with Gasteiger partial charge in [-0.3, -0.25) is 4.79 Å². The summed E-state index contributed by atoms with van der Waals surface area (Å²) < 4.78 is 5.31. The standard InChI is InChI=1S/C18H19Cl2NO2/c1-21(12-14-7-5-8-15(19)18(14)20)17(22)11-10-13-6-3-4-9-16(13)23-2/h3-9H,10-12H2,1-2H3. The van der Waals surface area contributed by atoms with Crippen LogP contribution in [-0.4, -0.2) is 25.0 Å². The Labute approximate surface area is 146 Å². The van der Waals surface area contributed by atoms with Crippen LogP contribution in [0.25, 0.3) is 0 Å². The lowest BCUT2D eigenvalue weighted by atomic mass is 10.1. The predicted molar refractivity (Wildman–Crippen MR) is 94.3 cm³/mol. The molecule has 2 aromatic rings. The molecule has 0 saturated carbocycles. The molecule has 3 nitrogen and oxygen atoms in total. The van der Waals surface area contributed by atoms with Crippen molar-refractivity contribution in [1.29, 1.82) is 0 Å². The van der Waals surface area contributed by atoms with Crippen molar-refractivity contribution in [2.24, 2.45) is 0 Å². The Hall–Kier alpha value is -1.71. The maximum atomic E-state index is 12.3. The average Bonchev–Trinajstić information content (AvgIpc) is 2.57. The summed E-state index contributed by atoms with van der Waals surface area (Å²) in [6, 6.07) is 13.2. The van der Waals surface area contributed by atoms with Crippen LogP contribution in [0.3, 0.4) is 0 Å². The van der Waals surface area contributed by atoms with E-state index in [4.69, 9.17) is 27.9 Å². The van der Waals surface area contributed by atoms with Crippen molar-refractivity contribution >= 4 is 29.1 Å². The fourth-order valence-electron chi connectivity index (χ4n) is 2.36. The van der Waals surface area contributed by atoms with Crippen LogP contribution in [0.15, 0.2) is 42.5 Å². The van der Waals surface area contributed by atoms with Gasteiger partial charge in [-0.2, -0.15) is 0 Å². The number of nitrogens with zero attached hydrogens (tertiary/aromatic N) is 1. The van der Waals surface area contributed by atoms with Gasteiger partial charge < -0.3 is 9.64 Å². The number of ether oxygens (including phenoxy) is 1. The second-order valence-electron chi connectivity index (χ2n) is 5.27. The van der Waals surface area contributed by atoms with Gasteiger partial charge in [-0.05, 0) is 29.7 Å². The smallest absolute Gasteiger partial charge is 0.222 e. The SMILES string of the molecule is COc1ccccc1CCC(=O)N(C)Cc1cccc(Cl)c1Cl. The molecular formula is C18H19Cl2NO2. The Morgan fingerprint density at radius 2 is 1.78 bits per heavy atom. The number of rotatable bonds is 6. The van der Waals surface area contributed by atoms with E-state index in [1.165, 1.54) is 0 Å². The lowest BCUT2D eigenvalue weighted by molar-refractivity contribution is -0.130. The van der Waals surface area contributed by atoms with E-state index >= 15 is 0 Å². The van der Waals surface area contributed by atoms with Crippen LogP contribution in [0.4, 0.5) is 0 Å². The minimum atomic E-state index is 0.0481. The van der Waals surface area contributed by atoms with Crippen LogP contribution >= 0.6 is 23.2 Å². The van der Waals surface area contributed by atoms with E-state index in [0.717, 1.165) is 16.9 Å². The Morgan fingerprint density at radius 1 is 1.09 bits per heavy atom. The Balaban J connectivity index is 1.96. The monoisotopic (exact) mass is 351 g/mol. The number of hydrogen-bond acceptors (Lipinski definition) is 2. The van der Waals surface area contributed by atoms with Crippen LogP contribution in [-0.2, 0) is 17.8 Å². The van der Waals surface area contributed by atoms with Crippen molar-refractivity contribution in [1.82, 2.24) is 4.90 Å². The van der Waals surface area contributed by atoms with Crippen LogP contribution in [0.1, 0.15) is 17.5 Å². The first kappa shape index (κ1) is 17.6. The summed E-state index contributed by atoms with van der Waals surface area (Å²) >= 11 is 12.2. The number of carbonyl (C=O) groups is 1. The Kier molecular flexibility index (Phi) is 6.31. The third kappa shape index (κ3) is 4.63. The van der Waals surface area contributed by atoms with Gasteiger partial charge in [0.25, 0.3) is 0 Å². The summed E-state index contributed by atoms with van der Waals surface area (Å²) in [5.41, 5.74) is 1.87. The zero-order chi connectivity index (χ0) is 16.8. The van der Waals surface area contributed by atoms with E-state index in [2.05, 4.69) is 0 Å². The summed E-state index contributed by atoms with van der Waals surface area (Å²) in [4.78, 5) is 14.0. The quantitative estimate of drug-likeness (QED) is 0.761. The van der Waals surface area contributed by atoms with Crippen molar-refractivity contribution in [3.63, 3.8) is 0 Å². The summed E-state index contributed by atoms with van der Waals surface area (Å²) in [6.45, 7) is 0.435. The van der Waals surface area contributed by atoms with E-state index < -0.39 is 0 Å². The Bertz CT molecular complexity index is 688. The van der Waals surface area contributed by atoms with Gasteiger partial charge in [0, 0.05) is 20.0 Å². The number of aryl methyl sites for hydroxylation is 1. The van der Waals surface area contributed by atoms with Crippen LogP contribution in [0.5, 0.6) is 5.75 Å². The third-order valence-corrected chi connectivity index (χ3v) is 4.52. The Morgan fingerprint density at radius 3 is 2.52 bits per heavy atom. The topological polar surface area (TPSA) is 29.5 Å². The maximum absolute atomic E-state index is 12.3. The number of methoxy groups -OCH3 is 1. The minimum Gasteiger partial charge on any atom is -0.496 e. The highest BCUT2D eigenvalue weighted by molar-refractivity contribution is 6.42. The molecule has 2 aromatic carbocycles. The predicted octanol–water partition coefficient (Wildman–Crippen LogP) is 4.59. The van der Waals surface area contributed by atoms with Gasteiger partial charge in [0.05, 0.1) is 17.2 Å². The molecule has 1 amide bonds. The van der Waals surface area contributed by atoms with Crippen molar-refractivity contribution in [2.45, 2.75) is 19.4 Å². The molecule has 0 atom stereocenters. The summed E-state index contributed by atoms with van der Waals surface area (Å²) in [7, 11) is 3.40.